The van der Waals surface area contributed by atoms with Crippen molar-refractivity contribution in [2.24, 2.45) is 0 Å². The molecule has 0 atom stereocenters. The van der Waals surface area contributed by atoms with Gasteiger partial charge < -0.3 is 10.6 Å². The lowest BCUT2D eigenvalue weighted by atomic mass is 10.1. The monoisotopic (exact) mass is 402 g/mol. The van der Waals surface area contributed by atoms with Gasteiger partial charge in [-0.1, -0.05) is 0 Å². The van der Waals surface area contributed by atoms with Gasteiger partial charge in [-0.25, -0.2) is 18.3 Å². The summed E-state index contributed by atoms with van der Waals surface area (Å²) in [6.07, 6.45) is 8.47. The number of alkyl halides is 1. The quantitative estimate of drug-likeness (QED) is 0.537. The Morgan fingerprint density at radius 1 is 1.24 bits per heavy atom. The number of aryl methyl sites for hydroxylation is 1. The van der Waals surface area contributed by atoms with Crippen molar-refractivity contribution >= 4 is 17.4 Å². The Labute approximate surface area is 167 Å². The summed E-state index contributed by atoms with van der Waals surface area (Å²) in [6.45, 7) is 3.22. The number of halogens is 2. The smallest absolute Gasteiger partial charge is 0.257 e. The zero-order valence-electron chi connectivity index (χ0n) is 16.5. The highest BCUT2D eigenvalue weighted by Crippen LogP contribution is 2.14. The molecule has 0 aromatic carbocycles. The standard InChI is InChI=1S/C20H24F2N6O/c1-20(2,13-21)27-19(29)16-12-25-28-8-6-17(26-18(16)28)24-7-4-3-5-14-9-15(22)11-23-10-14/h6,8-12H,3-5,7,13H2,1-2H3,(H,24,26)(H,27,29). The molecule has 0 aliphatic carbocycles. The molecule has 9 heteroatoms. The van der Waals surface area contributed by atoms with Crippen LogP contribution in [-0.2, 0) is 6.42 Å². The molecule has 0 saturated carbocycles. The molecule has 7 nitrogen and oxygen atoms in total. The molecule has 3 heterocycles. The number of carbonyl (C=O) groups is 1. The Bertz CT molecular complexity index is 988. The zero-order chi connectivity index (χ0) is 20.9. The zero-order valence-corrected chi connectivity index (χ0v) is 16.5. The van der Waals surface area contributed by atoms with Crippen LogP contribution in [0.5, 0.6) is 0 Å². The van der Waals surface area contributed by atoms with E-state index < -0.39 is 18.1 Å². The molecular formula is C20H24F2N6O. The van der Waals surface area contributed by atoms with E-state index in [1.807, 2.05) is 0 Å². The molecule has 0 radical (unpaired) electrons. The van der Waals surface area contributed by atoms with E-state index in [2.05, 4.69) is 25.7 Å². The Morgan fingerprint density at radius 2 is 2.07 bits per heavy atom. The van der Waals surface area contributed by atoms with E-state index in [0.717, 1.165) is 24.8 Å². The molecule has 3 aromatic heterocycles. The van der Waals surface area contributed by atoms with E-state index in [4.69, 9.17) is 0 Å². The third-order valence-corrected chi connectivity index (χ3v) is 4.36. The highest BCUT2D eigenvalue weighted by Gasteiger charge is 2.23. The van der Waals surface area contributed by atoms with E-state index >= 15 is 0 Å². The first kappa shape index (κ1) is 20.6. The molecule has 0 saturated heterocycles. The maximum absolute atomic E-state index is 13.1. The molecule has 29 heavy (non-hydrogen) atoms. The van der Waals surface area contributed by atoms with Crippen LogP contribution in [0, 0.1) is 5.82 Å². The van der Waals surface area contributed by atoms with Crippen LogP contribution in [0.2, 0.25) is 0 Å². The van der Waals surface area contributed by atoms with Crippen LogP contribution in [0.4, 0.5) is 14.6 Å². The Kier molecular flexibility index (Phi) is 6.36. The fraction of sp³-hybridized carbons (Fsp3) is 0.400. The number of unbranched alkanes of at least 4 members (excludes halogenated alkanes) is 1. The Balaban J connectivity index is 1.57. The predicted molar refractivity (Wildman–Crippen MR) is 106 cm³/mol. The van der Waals surface area contributed by atoms with Crippen LogP contribution in [-0.4, -0.2) is 44.2 Å². The van der Waals surface area contributed by atoms with Crippen LogP contribution in [0.1, 0.15) is 42.6 Å². The molecule has 0 bridgehead atoms. The third-order valence-electron chi connectivity index (χ3n) is 4.36. The molecule has 154 valence electrons. The lowest BCUT2D eigenvalue weighted by Crippen LogP contribution is -2.45. The summed E-state index contributed by atoms with van der Waals surface area (Å²) in [6, 6.07) is 3.26. The van der Waals surface area contributed by atoms with E-state index in [0.29, 0.717) is 18.0 Å². The van der Waals surface area contributed by atoms with Gasteiger partial charge in [0.25, 0.3) is 5.91 Å². The number of fused-ring (bicyclic) bond motifs is 1. The van der Waals surface area contributed by atoms with Gasteiger partial charge in [-0.2, -0.15) is 5.10 Å². The second kappa shape index (κ2) is 8.93. The summed E-state index contributed by atoms with van der Waals surface area (Å²) in [4.78, 5) is 20.7. The van der Waals surface area contributed by atoms with Gasteiger partial charge in [0.2, 0.25) is 0 Å². The van der Waals surface area contributed by atoms with E-state index in [1.165, 1.54) is 23.0 Å². The average Bonchev–Trinajstić information content (AvgIpc) is 3.11. The minimum Gasteiger partial charge on any atom is -0.370 e. The SMILES string of the molecule is CC(C)(CF)NC(=O)c1cnn2ccc(NCCCCc3cncc(F)c3)nc12. The number of aromatic nitrogens is 4. The number of carbonyl (C=O) groups excluding carboxylic acids is 1. The Hall–Kier alpha value is -3.10. The first-order valence-corrected chi connectivity index (χ1v) is 9.44. The van der Waals surface area contributed by atoms with Gasteiger partial charge >= 0.3 is 0 Å². The van der Waals surface area contributed by atoms with Gasteiger partial charge in [0.05, 0.1) is 17.9 Å². The number of nitrogens with zero attached hydrogens (tertiary/aromatic N) is 4. The van der Waals surface area contributed by atoms with Crippen LogP contribution in [0.3, 0.4) is 0 Å². The van der Waals surface area contributed by atoms with Gasteiger partial charge in [0.15, 0.2) is 5.65 Å². The summed E-state index contributed by atoms with van der Waals surface area (Å²) in [5.41, 5.74) is 0.593. The molecule has 2 N–H and O–H groups in total. The number of anilines is 1. The predicted octanol–water partition coefficient (Wildman–Crippen LogP) is 3.18. The highest BCUT2D eigenvalue weighted by molar-refractivity contribution is 6.00. The summed E-state index contributed by atoms with van der Waals surface area (Å²) < 4.78 is 27.6. The van der Waals surface area contributed by atoms with Crippen molar-refractivity contribution in [3.8, 4) is 0 Å². The van der Waals surface area contributed by atoms with Crippen LogP contribution < -0.4 is 10.6 Å². The fourth-order valence-corrected chi connectivity index (χ4v) is 2.80. The largest absolute Gasteiger partial charge is 0.370 e. The number of hydrogen-bond donors (Lipinski definition) is 2. The van der Waals surface area contributed by atoms with Crippen LogP contribution in [0.25, 0.3) is 5.65 Å². The van der Waals surface area contributed by atoms with E-state index in [1.54, 1.807) is 32.3 Å². The number of pyridine rings is 1. The van der Waals surface area contributed by atoms with Gasteiger partial charge in [0, 0.05) is 18.9 Å². The van der Waals surface area contributed by atoms with E-state index in [9.17, 15) is 13.6 Å². The van der Waals surface area contributed by atoms with Crippen LogP contribution >= 0.6 is 0 Å². The lowest BCUT2D eigenvalue weighted by molar-refractivity contribution is 0.0901. The van der Waals surface area contributed by atoms with Crippen molar-refractivity contribution in [1.82, 2.24) is 24.9 Å². The second-order valence-electron chi connectivity index (χ2n) is 7.51. The molecule has 0 unspecified atom stereocenters. The first-order valence-electron chi connectivity index (χ1n) is 9.44. The fourth-order valence-electron chi connectivity index (χ4n) is 2.80. The van der Waals surface area contributed by atoms with Gasteiger partial charge in [-0.05, 0) is 50.8 Å². The maximum Gasteiger partial charge on any atom is 0.257 e. The third kappa shape index (κ3) is 5.46. The molecule has 0 spiro atoms. The number of amides is 1. The van der Waals surface area contributed by atoms with Gasteiger partial charge in [-0.15, -0.1) is 0 Å². The maximum atomic E-state index is 13.1. The number of hydrogen-bond acceptors (Lipinski definition) is 5. The minimum absolute atomic E-state index is 0.286. The normalized spacial score (nSPS) is 11.6. The molecule has 0 fully saturated rings. The molecule has 3 rings (SSSR count). The Morgan fingerprint density at radius 3 is 2.83 bits per heavy atom. The first-order chi connectivity index (χ1) is 13.9. The molecule has 1 amide bonds. The minimum atomic E-state index is -0.960. The highest BCUT2D eigenvalue weighted by atomic mass is 19.1. The number of nitrogens with one attached hydrogen (secondary N) is 2. The molecule has 3 aromatic rings. The summed E-state index contributed by atoms with van der Waals surface area (Å²) in [7, 11) is 0. The molecular weight excluding hydrogens is 378 g/mol. The summed E-state index contributed by atoms with van der Waals surface area (Å²) in [5.74, 6) is -0.131. The molecule has 0 aliphatic rings. The van der Waals surface area contributed by atoms with Crippen molar-refractivity contribution in [3.05, 3.63) is 53.9 Å². The molecule has 0 aliphatic heterocycles. The average molecular weight is 402 g/mol. The van der Waals surface area contributed by atoms with Crippen molar-refractivity contribution in [2.45, 2.75) is 38.6 Å². The topological polar surface area (TPSA) is 84.2 Å². The van der Waals surface area contributed by atoms with Gasteiger partial charge in [0.1, 0.15) is 23.9 Å². The van der Waals surface area contributed by atoms with Crippen molar-refractivity contribution in [3.63, 3.8) is 0 Å². The van der Waals surface area contributed by atoms with Gasteiger partial charge in [-0.3, -0.25) is 9.78 Å². The van der Waals surface area contributed by atoms with Crippen molar-refractivity contribution < 1.29 is 13.6 Å². The second-order valence-corrected chi connectivity index (χ2v) is 7.51. The van der Waals surface area contributed by atoms with Crippen LogP contribution in [0.15, 0.2) is 36.9 Å². The summed E-state index contributed by atoms with van der Waals surface area (Å²) >= 11 is 0. The van der Waals surface area contributed by atoms with Crippen molar-refractivity contribution in [2.75, 3.05) is 18.5 Å². The van der Waals surface area contributed by atoms with E-state index in [-0.39, 0.29) is 11.4 Å². The lowest BCUT2D eigenvalue weighted by Gasteiger charge is -2.21. The summed E-state index contributed by atoms with van der Waals surface area (Å²) in [5, 5.41) is 9.98. The van der Waals surface area contributed by atoms with Crippen molar-refractivity contribution in [1.29, 1.82) is 0 Å². The number of rotatable bonds is 9.